The minimum Gasteiger partial charge on any atom is -0.423 e. The molecule has 0 unspecified atom stereocenters. The topological polar surface area (TPSA) is 113 Å². The Kier molecular flexibility index (Phi) is 5.42. The van der Waals surface area contributed by atoms with Crippen LogP contribution < -0.4 is 16.5 Å². The molecule has 8 heteroatoms. The Morgan fingerprint density at radius 3 is 2.60 bits per heavy atom. The average molecular weight is 280 g/mol. The zero-order valence-corrected chi connectivity index (χ0v) is 10.6. The Morgan fingerprint density at radius 1 is 1.45 bits per heavy atom. The molecule has 0 radical (unpaired) electrons. The van der Waals surface area contributed by atoms with Gasteiger partial charge in [0.15, 0.2) is 0 Å². The first-order chi connectivity index (χ1) is 9.38. The summed E-state index contributed by atoms with van der Waals surface area (Å²) in [6, 6.07) is 2.51. The smallest absolute Gasteiger partial charge is 0.423 e. The monoisotopic (exact) mass is 280 g/mol. The lowest BCUT2D eigenvalue weighted by Gasteiger charge is -2.11. The van der Waals surface area contributed by atoms with Crippen LogP contribution >= 0.6 is 0 Å². The molecule has 5 N–H and O–H groups in total. The van der Waals surface area contributed by atoms with Crippen molar-refractivity contribution in [2.75, 3.05) is 6.54 Å². The van der Waals surface area contributed by atoms with Crippen LogP contribution in [0.3, 0.4) is 0 Å². The summed E-state index contributed by atoms with van der Waals surface area (Å²) >= 11 is 0. The van der Waals surface area contributed by atoms with E-state index < -0.39 is 30.3 Å². The SMILES string of the molecule is C=CC(=O)NCCc1ccc(B(O)O)c(C(N)=O)c1F. The first-order valence-corrected chi connectivity index (χ1v) is 5.76. The highest BCUT2D eigenvalue weighted by molar-refractivity contribution is 6.60. The largest absolute Gasteiger partial charge is 0.489 e. The number of carbonyl (C=O) groups excluding carboxylic acids is 2. The quantitative estimate of drug-likeness (QED) is 0.373. The molecule has 0 heterocycles. The van der Waals surface area contributed by atoms with Gasteiger partial charge in [0.25, 0.3) is 5.91 Å². The maximum absolute atomic E-state index is 14.1. The summed E-state index contributed by atoms with van der Waals surface area (Å²) in [5.41, 5.74) is 4.31. The van der Waals surface area contributed by atoms with Crippen LogP contribution in [0.5, 0.6) is 0 Å². The average Bonchev–Trinajstić information content (AvgIpc) is 2.39. The number of benzene rings is 1. The van der Waals surface area contributed by atoms with Gasteiger partial charge in [-0.05, 0) is 23.5 Å². The number of amides is 2. The van der Waals surface area contributed by atoms with E-state index in [1.54, 1.807) is 0 Å². The van der Waals surface area contributed by atoms with Gasteiger partial charge in [-0.3, -0.25) is 9.59 Å². The highest BCUT2D eigenvalue weighted by Gasteiger charge is 2.24. The zero-order chi connectivity index (χ0) is 15.3. The summed E-state index contributed by atoms with van der Waals surface area (Å²) in [5, 5.41) is 20.6. The Hall–Kier alpha value is -2.19. The molecule has 106 valence electrons. The summed E-state index contributed by atoms with van der Waals surface area (Å²) < 4.78 is 14.1. The fourth-order valence-electron chi connectivity index (χ4n) is 1.69. The third-order valence-electron chi connectivity index (χ3n) is 2.66. The maximum atomic E-state index is 14.1. The molecule has 20 heavy (non-hydrogen) atoms. The van der Waals surface area contributed by atoms with Crippen molar-refractivity contribution in [3.63, 3.8) is 0 Å². The second kappa shape index (κ2) is 6.83. The highest BCUT2D eigenvalue weighted by Crippen LogP contribution is 2.12. The van der Waals surface area contributed by atoms with Gasteiger partial charge in [0.1, 0.15) is 5.82 Å². The molecule has 0 bridgehead atoms. The Morgan fingerprint density at radius 2 is 2.10 bits per heavy atom. The van der Waals surface area contributed by atoms with E-state index >= 15 is 0 Å². The standard InChI is InChI=1S/C12H14BFN2O4/c1-2-9(17)16-6-5-7-3-4-8(13(19)20)10(11(7)14)12(15)18/h2-4,19-20H,1,5-6H2,(H2,15,18)(H,16,17). The Balaban J connectivity index is 2.99. The van der Waals surface area contributed by atoms with Gasteiger partial charge < -0.3 is 21.1 Å². The fraction of sp³-hybridized carbons (Fsp3) is 0.167. The summed E-state index contributed by atoms with van der Waals surface area (Å²) in [6.45, 7) is 3.41. The van der Waals surface area contributed by atoms with Crippen LogP contribution in [0.25, 0.3) is 0 Å². The normalized spacial score (nSPS) is 9.95. The van der Waals surface area contributed by atoms with Crippen molar-refractivity contribution < 1.29 is 24.0 Å². The molecule has 0 spiro atoms. The number of primary amides is 1. The van der Waals surface area contributed by atoms with E-state index in [1.165, 1.54) is 12.1 Å². The number of halogens is 1. The zero-order valence-electron chi connectivity index (χ0n) is 10.6. The predicted molar refractivity (Wildman–Crippen MR) is 71.7 cm³/mol. The molecule has 0 saturated carbocycles. The Labute approximate surface area is 115 Å². The number of hydrogen-bond acceptors (Lipinski definition) is 4. The third kappa shape index (κ3) is 3.66. The molecule has 0 aliphatic rings. The molecular weight excluding hydrogens is 266 g/mol. The van der Waals surface area contributed by atoms with E-state index in [1.807, 2.05) is 0 Å². The van der Waals surface area contributed by atoms with Gasteiger partial charge in [0, 0.05) is 6.54 Å². The van der Waals surface area contributed by atoms with Crippen molar-refractivity contribution in [2.24, 2.45) is 5.73 Å². The lowest BCUT2D eigenvalue weighted by Crippen LogP contribution is -2.38. The van der Waals surface area contributed by atoms with Crippen LogP contribution in [-0.2, 0) is 11.2 Å². The molecule has 0 aliphatic carbocycles. The molecule has 2 amide bonds. The maximum Gasteiger partial charge on any atom is 0.489 e. The van der Waals surface area contributed by atoms with Crippen molar-refractivity contribution in [1.29, 1.82) is 0 Å². The summed E-state index contributed by atoms with van der Waals surface area (Å²) in [6.07, 6.45) is 1.20. The Bertz CT molecular complexity index is 549. The van der Waals surface area contributed by atoms with Crippen LogP contribution in [0.15, 0.2) is 24.8 Å². The number of carbonyl (C=O) groups is 2. The van der Waals surface area contributed by atoms with Gasteiger partial charge >= 0.3 is 7.12 Å². The number of hydrogen-bond donors (Lipinski definition) is 4. The van der Waals surface area contributed by atoms with Crippen molar-refractivity contribution >= 4 is 24.4 Å². The van der Waals surface area contributed by atoms with Gasteiger partial charge in [-0.2, -0.15) is 0 Å². The molecule has 0 aromatic heterocycles. The van der Waals surface area contributed by atoms with Gasteiger partial charge in [0.05, 0.1) is 5.56 Å². The van der Waals surface area contributed by atoms with Crippen molar-refractivity contribution in [2.45, 2.75) is 6.42 Å². The van der Waals surface area contributed by atoms with Gasteiger partial charge in [-0.25, -0.2) is 4.39 Å². The fourth-order valence-corrected chi connectivity index (χ4v) is 1.69. The minimum absolute atomic E-state index is 0.119. The molecule has 1 aromatic rings. The van der Waals surface area contributed by atoms with E-state index in [-0.39, 0.29) is 24.0 Å². The first-order valence-electron chi connectivity index (χ1n) is 5.76. The molecule has 0 aliphatic heterocycles. The van der Waals surface area contributed by atoms with Crippen LogP contribution in [0.1, 0.15) is 15.9 Å². The van der Waals surface area contributed by atoms with Gasteiger partial charge in [0.2, 0.25) is 5.91 Å². The molecule has 0 atom stereocenters. The van der Waals surface area contributed by atoms with E-state index in [0.717, 1.165) is 6.08 Å². The van der Waals surface area contributed by atoms with Crippen LogP contribution in [0, 0.1) is 5.82 Å². The molecule has 1 aromatic carbocycles. The van der Waals surface area contributed by atoms with Crippen LogP contribution in [0.4, 0.5) is 4.39 Å². The molecule has 6 nitrogen and oxygen atoms in total. The molecular formula is C12H14BFN2O4. The molecule has 0 fully saturated rings. The number of nitrogens with two attached hydrogens (primary N) is 1. The lowest BCUT2D eigenvalue weighted by atomic mass is 9.76. The third-order valence-corrected chi connectivity index (χ3v) is 2.66. The predicted octanol–water partition coefficient (Wildman–Crippen LogP) is -1.55. The highest BCUT2D eigenvalue weighted by atomic mass is 19.1. The second-order valence-electron chi connectivity index (χ2n) is 3.99. The van der Waals surface area contributed by atoms with Crippen LogP contribution in [-0.4, -0.2) is 35.5 Å². The minimum atomic E-state index is -2.00. The van der Waals surface area contributed by atoms with Gasteiger partial charge in [-0.1, -0.05) is 18.7 Å². The lowest BCUT2D eigenvalue weighted by molar-refractivity contribution is -0.116. The van der Waals surface area contributed by atoms with E-state index in [2.05, 4.69) is 11.9 Å². The molecule has 1 rings (SSSR count). The van der Waals surface area contributed by atoms with Crippen molar-refractivity contribution in [1.82, 2.24) is 5.32 Å². The van der Waals surface area contributed by atoms with Crippen molar-refractivity contribution in [3.05, 3.63) is 41.7 Å². The van der Waals surface area contributed by atoms with E-state index in [0.29, 0.717) is 0 Å². The molecule has 0 saturated heterocycles. The van der Waals surface area contributed by atoms with Crippen molar-refractivity contribution in [3.8, 4) is 0 Å². The summed E-state index contributed by atoms with van der Waals surface area (Å²) in [7, 11) is -2.00. The van der Waals surface area contributed by atoms with E-state index in [4.69, 9.17) is 15.8 Å². The number of rotatable bonds is 6. The summed E-state index contributed by atoms with van der Waals surface area (Å²) in [4.78, 5) is 22.1. The summed E-state index contributed by atoms with van der Waals surface area (Å²) in [5.74, 6) is -2.42. The van der Waals surface area contributed by atoms with Crippen LogP contribution in [0.2, 0.25) is 0 Å². The van der Waals surface area contributed by atoms with E-state index in [9.17, 15) is 14.0 Å². The first kappa shape index (κ1) is 15.9. The second-order valence-corrected chi connectivity index (χ2v) is 3.99. The number of nitrogens with one attached hydrogen (secondary N) is 1. The van der Waals surface area contributed by atoms with Gasteiger partial charge in [-0.15, -0.1) is 0 Å².